The Balaban J connectivity index is 1.32. The number of para-hydroxylation sites is 2. The van der Waals surface area contributed by atoms with Crippen LogP contribution < -0.4 is 10.5 Å². The molecule has 0 spiro atoms. The van der Waals surface area contributed by atoms with Crippen LogP contribution in [0.1, 0.15) is 12.1 Å². The van der Waals surface area contributed by atoms with Gasteiger partial charge in [-0.15, -0.1) is 0 Å². The third kappa shape index (κ3) is 4.48. The van der Waals surface area contributed by atoms with E-state index in [1.165, 1.54) is 4.57 Å². The number of rotatable bonds is 6. The predicted octanol–water partition coefficient (Wildman–Crippen LogP) is 1.99. The number of carbonyl (C=O) groups is 1. The van der Waals surface area contributed by atoms with Crippen molar-refractivity contribution in [3.05, 3.63) is 58.8 Å². The quantitative estimate of drug-likeness (QED) is 0.632. The molecule has 0 saturated carbocycles. The summed E-state index contributed by atoms with van der Waals surface area (Å²) >= 11 is 0. The minimum atomic E-state index is -0.445. The van der Waals surface area contributed by atoms with Crippen LogP contribution in [0.3, 0.4) is 0 Å². The number of aryl methyl sites for hydroxylation is 2. The normalized spacial score (nSPS) is 16.9. The first-order valence-corrected chi connectivity index (χ1v) is 9.63. The number of morpholine rings is 1. The van der Waals surface area contributed by atoms with Gasteiger partial charge >= 0.3 is 5.76 Å². The van der Waals surface area contributed by atoms with Crippen LogP contribution >= 0.6 is 0 Å². The molecule has 3 heterocycles. The molecule has 0 radical (unpaired) electrons. The SMILES string of the molecule is Cc1ccc(OCC2CN(C(=O)CCn3c(=O)oc4ccccc43)CCO2)cn1. The first-order valence-electron chi connectivity index (χ1n) is 9.63. The fourth-order valence-electron chi connectivity index (χ4n) is 3.37. The van der Waals surface area contributed by atoms with Gasteiger partial charge in [0.15, 0.2) is 5.58 Å². The van der Waals surface area contributed by atoms with Crippen LogP contribution in [0.15, 0.2) is 51.8 Å². The average molecular weight is 397 g/mol. The number of hydrogen-bond donors (Lipinski definition) is 0. The largest absolute Gasteiger partial charge is 0.489 e. The molecule has 0 aliphatic carbocycles. The summed E-state index contributed by atoms with van der Waals surface area (Å²) in [6, 6.07) is 10.9. The van der Waals surface area contributed by atoms with E-state index in [0.29, 0.717) is 43.2 Å². The monoisotopic (exact) mass is 397 g/mol. The molecule has 29 heavy (non-hydrogen) atoms. The molecule has 1 aliphatic heterocycles. The number of ether oxygens (including phenoxy) is 2. The molecule has 0 N–H and O–H groups in total. The van der Waals surface area contributed by atoms with Crippen LogP contribution in [0.5, 0.6) is 5.75 Å². The molecule has 1 fully saturated rings. The van der Waals surface area contributed by atoms with Crippen LogP contribution in [0.25, 0.3) is 11.1 Å². The number of aromatic nitrogens is 2. The topological polar surface area (TPSA) is 86.8 Å². The van der Waals surface area contributed by atoms with E-state index in [1.54, 1.807) is 17.2 Å². The van der Waals surface area contributed by atoms with Gasteiger partial charge in [-0.25, -0.2) is 4.79 Å². The lowest BCUT2D eigenvalue weighted by atomic mass is 10.2. The Kier molecular flexibility index (Phi) is 5.62. The number of oxazole rings is 1. The van der Waals surface area contributed by atoms with Crippen molar-refractivity contribution in [2.75, 3.05) is 26.3 Å². The van der Waals surface area contributed by atoms with Gasteiger partial charge in [-0.1, -0.05) is 12.1 Å². The summed E-state index contributed by atoms with van der Waals surface area (Å²) in [6.07, 6.45) is 1.69. The summed E-state index contributed by atoms with van der Waals surface area (Å²) in [5.74, 6) is 0.209. The summed E-state index contributed by atoms with van der Waals surface area (Å²) in [6.45, 7) is 3.99. The number of pyridine rings is 1. The highest BCUT2D eigenvalue weighted by Crippen LogP contribution is 2.14. The second kappa shape index (κ2) is 8.48. The zero-order valence-electron chi connectivity index (χ0n) is 16.2. The van der Waals surface area contributed by atoms with E-state index in [0.717, 1.165) is 5.69 Å². The van der Waals surface area contributed by atoms with Crippen molar-refractivity contribution in [3.8, 4) is 5.75 Å². The smallest absolute Gasteiger partial charge is 0.419 e. The second-order valence-electron chi connectivity index (χ2n) is 7.02. The molecule has 1 unspecified atom stereocenters. The maximum Gasteiger partial charge on any atom is 0.419 e. The number of nitrogens with zero attached hydrogens (tertiary/aromatic N) is 3. The molecule has 4 rings (SSSR count). The summed E-state index contributed by atoms with van der Waals surface area (Å²) in [5, 5.41) is 0. The summed E-state index contributed by atoms with van der Waals surface area (Å²) in [5.41, 5.74) is 2.15. The Morgan fingerprint density at radius 3 is 2.97 bits per heavy atom. The first-order chi connectivity index (χ1) is 14.1. The van der Waals surface area contributed by atoms with Gasteiger partial charge in [0.25, 0.3) is 0 Å². The van der Waals surface area contributed by atoms with E-state index in [1.807, 2.05) is 37.3 Å². The molecule has 0 bridgehead atoms. The number of carbonyl (C=O) groups excluding carboxylic acids is 1. The molecule has 8 heteroatoms. The summed E-state index contributed by atoms with van der Waals surface area (Å²) in [4.78, 5) is 30.7. The molecule has 1 aliphatic rings. The van der Waals surface area contributed by atoms with Crippen molar-refractivity contribution >= 4 is 17.0 Å². The van der Waals surface area contributed by atoms with Crippen molar-refractivity contribution in [2.45, 2.75) is 26.0 Å². The van der Waals surface area contributed by atoms with Crippen molar-refractivity contribution in [2.24, 2.45) is 0 Å². The van der Waals surface area contributed by atoms with Gasteiger partial charge in [0.2, 0.25) is 5.91 Å². The van der Waals surface area contributed by atoms with Gasteiger partial charge in [-0.2, -0.15) is 0 Å². The number of fused-ring (bicyclic) bond motifs is 1. The molecule has 152 valence electrons. The Labute approximate surface area is 167 Å². The lowest BCUT2D eigenvalue weighted by Gasteiger charge is -2.33. The van der Waals surface area contributed by atoms with Gasteiger partial charge < -0.3 is 18.8 Å². The fraction of sp³-hybridized carbons (Fsp3) is 0.381. The van der Waals surface area contributed by atoms with Gasteiger partial charge in [-0.05, 0) is 31.2 Å². The van der Waals surface area contributed by atoms with E-state index in [2.05, 4.69) is 4.98 Å². The molecule has 1 aromatic carbocycles. The van der Waals surface area contributed by atoms with E-state index in [4.69, 9.17) is 13.9 Å². The second-order valence-corrected chi connectivity index (χ2v) is 7.02. The van der Waals surface area contributed by atoms with Crippen molar-refractivity contribution in [3.63, 3.8) is 0 Å². The highest BCUT2D eigenvalue weighted by molar-refractivity contribution is 5.77. The third-order valence-corrected chi connectivity index (χ3v) is 4.93. The van der Waals surface area contributed by atoms with Gasteiger partial charge in [0.1, 0.15) is 18.5 Å². The average Bonchev–Trinajstić information content (AvgIpc) is 3.07. The molecular formula is C21H23N3O5. The Hall–Kier alpha value is -3.13. The molecule has 1 amide bonds. The molecule has 3 aromatic rings. The predicted molar refractivity (Wildman–Crippen MR) is 106 cm³/mol. The van der Waals surface area contributed by atoms with Gasteiger partial charge in [0.05, 0.1) is 24.9 Å². The summed E-state index contributed by atoms with van der Waals surface area (Å²) < 4.78 is 18.2. The maximum absolute atomic E-state index is 12.7. The number of benzene rings is 1. The third-order valence-electron chi connectivity index (χ3n) is 4.93. The minimum Gasteiger partial charge on any atom is -0.489 e. The van der Waals surface area contributed by atoms with Crippen molar-refractivity contribution < 1.29 is 18.7 Å². The fourth-order valence-corrected chi connectivity index (χ4v) is 3.37. The molecule has 2 aromatic heterocycles. The zero-order chi connectivity index (χ0) is 20.2. The van der Waals surface area contributed by atoms with E-state index < -0.39 is 5.76 Å². The lowest BCUT2D eigenvalue weighted by Crippen LogP contribution is -2.47. The van der Waals surface area contributed by atoms with Gasteiger partial charge in [-0.3, -0.25) is 14.3 Å². The lowest BCUT2D eigenvalue weighted by molar-refractivity contribution is -0.140. The molecular weight excluding hydrogens is 374 g/mol. The highest BCUT2D eigenvalue weighted by atomic mass is 16.5. The van der Waals surface area contributed by atoms with E-state index in [9.17, 15) is 9.59 Å². The van der Waals surface area contributed by atoms with Crippen LogP contribution in [0.4, 0.5) is 0 Å². The van der Waals surface area contributed by atoms with Crippen LogP contribution in [0.2, 0.25) is 0 Å². The Morgan fingerprint density at radius 2 is 2.14 bits per heavy atom. The molecule has 1 atom stereocenters. The summed E-state index contributed by atoms with van der Waals surface area (Å²) in [7, 11) is 0. The van der Waals surface area contributed by atoms with Crippen LogP contribution in [-0.4, -0.2) is 52.8 Å². The standard InChI is InChI=1S/C21H23N3O5/c1-15-6-7-16(12-22-15)28-14-17-13-23(10-11-27-17)20(25)8-9-24-18-4-2-3-5-19(18)29-21(24)26/h2-7,12,17H,8-11,13-14H2,1H3. The number of hydrogen-bond acceptors (Lipinski definition) is 6. The van der Waals surface area contributed by atoms with Gasteiger partial charge in [0, 0.05) is 25.2 Å². The van der Waals surface area contributed by atoms with Crippen molar-refractivity contribution in [1.29, 1.82) is 0 Å². The van der Waals surface area contributed by atoms with Crippen LogP contribution in [0, 0.1) is 6.92 Å². The molecule has 1 saturated heterocycles. The Bertz CT molecular complexity index is 1040. The van der Waals surface area contributed by atoms with Crippen LogP contribution in [-0.2, 0) is 16.1 Å². The molecule has 8 nitrogen and oxygen atoms in total. The van der Waals surface area contributed by atoms with E-state index in [-0.39, 0.29) is 25.0 Å². The zero-order valence-corrected chi connectivity index (χ0v) is 16.2. The number of amides is 1. The minimum absolute atomic E-state index is 0.0208. The first kappa shape index (κ1) is 19.2. The maximum atomic E-state index is 12.7. The van der Waals surface area contributed by atoms with E-state index >= 15 is 0 Å². The Morgan fingerprint density at radius 1 is 1.28 bits per heavy atom. The highest BCUT2D eigenvalue weighted by Gasteiger charge is 2.25. The van der Waals surface area contributed by atoms with Crippen molar-refractivity contribution in [1.82, 2.24) is 14.5 Å².